The summed E-state index contributed by atoms with van der Waals surface area (Å²) >= 11 is 6.03. The average molecular weight is 254 g/mol. The molecule has 0 spiro atoms. The summed E-state index contributed by atoms with van der Waals surface area (Å²) < 4.78 is 5.81. The minimum atomic E-state index is 0.537. The van der Waals surface area contributed by atoms with Crippen LogP contribution in [0.4, 0.5) is 0 Å². The van der Waals surface area contributed by atoms with Crippen molar-refractivity contribution in [3.8, 4) is 5.75 Å². The van der Waals surface area contributed by atoms with Crippen molar-refractivity contribution in [2.45, 2.75) is 39.3 Å². The Morgan fingerprint density at radius 2 is 2.18 bits per heavy atom. The Labute approximate surface area is 108 Å². The average Bonchev–Trinajstić information content (AvgIpc) is 3.08. The Hall–Kier alpha value is -0.730. The van der Waals surface area contributed by atoms with E-state index >= 15 is 0 Å². The van der Waals surface area contributed by atoms with Crippen molar-refractivity contribution < 1.29 is 4.74 Å². The molecule has 1 fully saturated rings. The van der Waals surface area contributed by atoms with Gasteiger partial charge in [0.25, 0.3) is 0 Å². The van der Waals surface area contributed by atoms with Crippen molar-refractivity contribution in [1.82, 2.24) is 5.32 Å². The minimum Gasteiger partial charge on any atom is -0.493 e. The first kappa shape index (κ1) is 12.7. The smallest absolute Gasteiger partial charge is 0.123 e. The number of hydrogen-bond donors (Lipinski definition) is 1. The lowest BCUT2D eigenvalue weighted by Crippen LogP contribution is -2.16. The van der Waals surface area contributed by atoms with Gasteiger partial charge in [-0.3, -0.25) is 0 Å². The van der Waals surface area contributed by atoms with Crippen molar-refractivity contribution in [3.05, 3.63) is 28.8 Å². The second kappa shape index (κ2) is 5.74. The maximum Gasteiger partial charge on any atom is 0.123 e. The van der Waals surface area contributed by atoms with Crippen LogP contribution in [0.15, 0.2) is 18.2 Å². The summed E-state index contributed by atoms with van der Waals surface area (Å²) in [6, 6.07) is 6.55. The van der Waals surface area contributed by atoms with Crippen LogP contribution in [-0.2, 0) is 6.54 Å². The largest absolute Gasteiger partial charge is 0.493 e. The SMILES string of the molecule is CC(C)COc1ccc(Cl)cc1CNC1CC1. The molecule has 0 aliphatic heterocycles. The third-order valence-electron chi connectivity index (χ3n) is 2.75. The zero-order chi connectivity index (χ0) is 12.3. The van der Waals surface area contributed by atoms with Crippen molar-refractivity contribution >= 4 is 11.6 Å². The maximum absolute atomic E-state index is 6.03. The summed E-state index contributed by atoms with van der Waals surface area (Å²) in [6.45, 7) is 5.90. The van der Waals surface area contributed by atoms with E-state index in [9.17, 15) is 0 Å². The number of benzene rings is 1. The van der Waals surface area contributed by atoms with Gasteiger partial charge >= 0.3 is 0 Å². The molecule has 1 aliphatic carbocycles. The van der Waals surface area contributed by atoms with Gasteiger partial charge in [0.05, 0.1) is 6.61 Å². The van der Waals surface area contributed by atoms with Crippen molar-refractivity contribution in [2.75, 3.05) is 6.61 Å². The molecule has 3 heteroatoms. The second-order valence-electron chi connectivity index (χ2n) is 5.11. The van der Waals surface area contributed by atoms with Gasteiger partial charge in [-0.15, -0.1) is 0 Å². The predicted molar refractivity (Wildman–Crippen MR) is 71.6 cm³/mol. The van der Waals surface area contributed by atoms with Crippen LogP contribution in [0.3, 0.4) is 0 Å². The van der Waals surface area contributed by atoms with E-state index in [1.54, 1.807) is 0 Å². The molecule has 94 valence electrons. The molecule has 1 aliphatic rings. The minimum absolute atomic E-state index is 0.537. The van der Waals surface area contributed by atoms with Gasteiger partial charge in [0.1, 0.15) is 5.75 Å². The Morgan fingerprint density at radius 1 is 1.41 bits per heavy atom. The summed E-state index contributed by atoms with van der Waals surface area (Å²) in [5, 5.41) is 4.26. The third kappa shape index (κ3) is 4.21. The second-order valence-corrected chi connectivity index (χ2v) is 5.55. The molecule has 0 bridgehead atoms. The fourth-order valence-electron chi connectivity index (χ4n) is 1.63. The highest BCUT2D eigenvalue weighted by atomic mass is 35.5. The lowest BCUT2D eigenvalue weighted by Gasteiger charge is -2.14. The highest BCUT2D eigenvalue weighted by molar-refractivity contribution is 6.30. The topological polar surface area (TPSA) is 21.3 Å². The monoisotopic (exact) mass is 253 g/mol. The molecule has 1 saturated carbocycles. The number of hydrogen-bond acceptors (Lipinski definition) is 2. The van der Waals surface area contributed by atoms with E-state index in [2.05, 4.69) is 19.2 Å². The van der Waals surface area contributed by atoms with E-state index in [0.717, 1.165) is 29.5 Å². The van der Waals surface area contributed by atoms with Gasteiger partial charge < -0.3 is 10.1 Å². The van der Waals surface area contributed by atoms with Crippen molar-refractivity contribution in [1.29, 1.82) is 0 Å². The zero-order valence-electron chi connectivity index (χ0n) is 10.5. The van der Waals surface area contributed by atoms with Crippen LogP contribution in [0.5, 0.6) is 5.75 Å². The number of nitrogens with one attached hydrogen (secondary N) is 1. The quantitative estimate of drug-likeness (QED) is 0.836. The fourth-order valence-corrected chi connectivity index (χ4v) is 1.82. The van der Waals surface area contributed by atoms with Gasteiger partial charge in [-0.25, -0.2) is 0 Å². The first-order valence-corrected chi connectivity index (χ1v) is 6.67. The van der Waals surface area contributed by atoms with Crippen LogP contribution in [0.25, 0.3) is 0 Å². The van der Waals surface area contributed by atoms with Crippen LogP contribution in [0.2, 0.25) is 5.02 Å². The first-order valence-electron chi connectivity index (χ1n) is 6.30. The molecule has 0 amide bonds. The Bertz CT molecular complexity index is 374. The molecule has 0 radical (unpaired) electrons. The standard InChI is InChI=1S/C14H20ClNO/c1-10(2)9-17-14-6-3-12(15)7-11(14)8-16-13-4-5-13/h3,6-7,10,13,16H,4-5,8-9H2,1-2H3. The highest BCUT2D eigenvalue weighted by Crippen LogP contribution is 2.25. The lowest BCUT2D eigenvalue weighted by molar-refractivity contribution is 0.268. The van der Waals surface area contributed by atoms with Gasteiger partial charge in [-0.05, 0) is 37.0 Å². The normalized spacial score (nSPS) is 15.3. The number of rotatable bonds is 6. The summed E-state index contributed by atoms with van der Waals surface area (Å²) in [7, 11) is 0. The van der Waals surface area contributed by atoms with E-state index in [0.29, 0.717) is 12.0 Å². The molecule has 0 saturated heterocycles. The summed E-state index contributed by atoms with van der Waals surface area (Å²) in [5.41, 5.74) is 1.16. The van der Waals surface area contributed by atoms with Crippen LogP contribution < -0.4 is 10.1 Å². The molecular formula is C14H20ClNO. The third-order valence-corrected chi connectivity index (χ3v) is 2.99. The Balaban J connectivity index is 2.00. The Morgan fingerprint density at radius 3 is 2.82 bits per heavy atom. The van der Waals surface area contributed by atoms with E-state index < -0.39 is 0 Å². The summed E-state index contributed by atoms with van der Waals surface area (Å²) in [4.78, 5) is 0. The molecule has 17 heavy (non-hydrogen) atoms. The highest BCUT2D eigenvalue weighted by Gasteiger charge is 2.20. The zero-order valence-corrected chi connectivity index (χ0v) is 11.3. The summed E-state index contributed by atoms with van der Waals surface area (Å²) in [5.74, 6) is 1.49. The molecule has 2 nitrogen and oxygen atoms in total. The van der Waals surface area contributed by atoms with Gasteiger partial charge in [0.15, 0.2) is 0 Å². The molecule has 1 aromatic rings. The van der Waals surface area contributed by atoms with Gasteiger partial charge in [-0.1, -0.05) is 25.4 Å². The fraction of sp³-hybridized carbons (Fsp3) is 0.571. The first-order chi connectivity index (χ1) is 8.15. The van der Waals surface area contributed by atoms with Crippen LogP contribution in [-0.4, -0.2) is 12.6 Å². The van der Waals surface area contributed by atoms with E-state index in [1.165, 1.54) is 12.8 Å². The predicted octanol–water partition coefficient (Wildman–Crippen LogP) is 3.63. The van der Waals surface area contributed by atoms with E-state index in [1.807, 2.05) is 18.2 Å². The van der Waals surface area contributed by atoms with Crippen LogP contribution in [0.1, 0.15) is 32.3 Å². The molecule has 1 N–H and O–H groups in total. The molecule has 1 aromatic carbocycles. The van der Waals surface area contributed by atoms with Crippen molar-refractivity contribution in [3.63, 3.8) is 0 Å². The van der Waals surface area contributed by atoms with E-state index in [4.69, 9.17) is 16.3 Å². The summed E-state index contributed by atoms with van der Waals surface area (Å²) in [6.07, 6.45) is 2.59. The van der Waals surface area contributed by atoms with Crippen LogP contribution in [0, 0.1) is 5.92 Å². The molecule has 0 heterocycles. The lowest BCUT2D eigenvalue weighted by atomic mass is 10.2. The maximum atomic E-state index is 6.03. The van der Waals surface area contributed by atoms with Crippen molar-refractivity contribution in [2.24, 2.45) is 5.92 Å². The van der Waals surface area contributed by atoms with Gasteiger partial charge in [0, 0.05) is 23.2 Å². The molecule has 0 atom stereocenters. The number of halogens is 1. The van der Waals surface area contributed by atoms with Gasteiger partial charge in [-0.2, -0.15) is 0 Å². The van der Waals surface area contributed by atoms with Crippen LogP contribution >= 0.6 is 11.6 Å². The van der Waals surface area contributed by atoms with Gasteiger partial charge in [0.2, 0.25) is 0 Å². The Kier molecular flexibility index (Phi) is 4.30. The number of ether oxygens (including phenoxy) is 1. The molecule has 0 aromatic heterocycles. The molecule has 2 rings (SSSR count). The molecule has 0 unspecified atom stereocenters. The van der Waals surface area contributed by atoms with E-state index in [-0.39, 0.29) is 0 Å². The molecular weight excluding hydrogens is 234 g/mol.